The van der Waals surface area contributed by atoms with Crippen LogP contribution in [0, 0.1) is 17.1 Å². The van der Waals surface area contributed by atoms with Gasteiger partial charge in [-0.1, -0.05) is 0 Å². The Kier molecular flexibility index (Phi) is 6.81. The van der Waals surface area contributed by atoms with Crippen molar-refractivity contribution in [1.29, 1.82) is 5.26 Å². The molecule has 0 bridgehead atoms. The van der Waals surface area contributed by atoms with Gasteiger partial charge in [-0.25, -0.2) is 9.18 Å². The van der Waals surface area contributed by atoms with E-state index in [-0.39, 0.29) is 23.7 Å². The van der Waals surface area contributed by atoms with Crippen molar-refractivity contribution in [2.75, 3.05) is 19.0 Å². The van der Waals surface area contributed by atoms with Crippen molar-refractivity contribution in [3.8, 4) is 23.3 Å². The first-order valence-electron chi connectivity index (χ1n) is 9.07. The van der Waals surface area contributed by atoms with Gasteiger partial charge in [0.25, 0.3) is 5.91 Å². The quantitative estimate of drug-likeness (QED) is 0.459. The maximum absolute atomic E-state index is 12.9. The summed E-state index contributed by atoms with van der Waals surface area (Å²) in [7, 11) is 1.40. The van der Waals surface area contributed by atoms with E-state index in [9.17, 15) is 14.0 Å². The van der Waals surface area contributed by atoms with E-state index >= 15 is 0 Å². The molecule has 7 nitrogen and oxygen atoms in total. The normalized spacial score (nSPS) is 9.97. The maximum Gasteiger partial charge on any atom is 0.343 e. The minimum atomic E-state index is -0.622. The molecule has 3 rings (SSSR count). The van der Waals surface area contributed by atoms with Crippen molar-refractivity contribution >= 4 is 17.6 Å². The number of amides is 1. The molecule has 156 valence electrons. The van der Waals surface area contributed by atoms with E-state index in [0.717, 1.165) is 0 Å². The average Bonchev–Trinajstić information content (AvgIpc) is 2.79. The predicted molar refractivity (Wildman–Crippen MR) is 110 cm³/mol. The van der Waals surface area contributed by atoms with Crippen molar-refractivity contribution in [3.63, 3.8) is 0 Å². The number of hydrogen-bond donors (Lipinski definition) is 1. The van der Waals surface area contributed by atoms with E-state index in [2.05, 4.69) is 5.32 Å². The molecule has 3 aromatic carbocycles. The first kappa shape index (κ1) is 21.3. The molecule has 1 N–H and O–H groups in total. The van der Waals surface area contributed by atoms with E-state index in [4.69, 9.17) is 19.5 Å². The lowest BCUT2D eigenvalue weighted by Crippen LogP contribution is -2.20. The predicted octanol–water partition coefficient (Wildman–Crippen LogP) is 3.94. The molecule has 8 heteroatoms. The van der Waals surface area contributed by atoms with Crippen LogP contribution < -0.4 is 19.5 Å². The number of methoxy groups -OCH3 is 1. The van der Waals surface area contributed by atoms with Crippen LogP contribution in [0.5, 0.6) is 17.2 Å². The second kappa shape index (κ2) is 9.89. The van der Waals surface area contributed by atoms with Crippen molar-refractivity contribution in [2.24, 2.45) is 0 Å². The van der Waals surface area contributed by atoms with Crippen molar-refractivity contribution in [3.05, 3.63) is 83.7 Å². The third kappa shape index (κ3) is 5.81. The van der Waals surface area contributed by atoms with Gasteiger partial charge in [-0.3, -0.25) is 4.79 Å². The number of carbonyl (C=O) groups is 2. The van der Waals surface area contributed by atoms with Gasteiger partial charge in [0.05, 0.1) is 24.3 Å². The van der Waals surface area contributed by atoms with Crippen molar-refractivity contribution < 1.29 is 28.2 Å². The van der Waals surface area contributed by atoms with Crippen LogP contribution in [0.2, 0.25) is 0 Å². The summed E-state index contributed by atoms with van der Waals surface area (Å²) in [5.74, 6) is -0.686. The van der Waals surface area contributed by atoms with Gasteiger partial charge in [0, 0.05) is 5.69 Å². The van der Waals surface area contributed by atoms with Gasteiger partial charge in [0.15, 0.2) is 18.1 Å². The summed E-state index contributed by atoms with van der Waals surface area (Å²) in [4.78, 5) is 24.4. The Morgan fingerprint density at radius 3 is 2.35 bits per heavy atom. The van der Waals surface area contributed by atoms with Crippen LogP contribution in [0.15, 0.2) is 66.7 Å². The van der Waals surface area contributed by atoms with Gasteiger partial charge in [0.2, 0.25) is 0 Å². The molecule has 0 aliphatic rings. The number of benzene rings is 3. The summed E-state index contributed by atoms with van der Waals surface area (Å²) in [6, 6.07) is 17.8. The van der Waals surface area contributed by atoms with Gasteiger partial charge in [-0.15, -0.1) is 0 Å². The van der Waals surface area contributed by atoms with Crippen molar-refractivity contribution in [2.45, 2.75) is 0 Å². The van der Waals surface area contributed by atoms with Crippen LogP contribution in [-0.2, 0) is 4.79 Å². The summed E-state index contributed by atoms with van der Waals surface area (Å²) in [5.41, 5.74) is 1.10. The Labute approximate surface area is 177 Å². The molecule has 0 unspecified atom stereocenters. The van der Waals surface area contributed by atoms with E-state index in [1.807, 2.05) is 6.07 Å². The van der Waals surface area contributed by atoms with Gasteiger partial charge >= 0.3 is 5.97 Å². The minimum absolute atomic E-state index is 0.212. The highest BCUT2D eigenvalue weighted by atomic mass is 19.1. The topological polar surface area (TPSA) is 97.7 Å². The molecule has 0 radical (unpaired) electrons. The third-order valence-electron chi connectivity index (χ3n) is 4.08. The van der Waals surface area contributed by atoms with E-state index in [1.54, 1.807) is 0 Å². The highest BCUT2D eigenvalue weighted by molar-refractivity contribution is 5.93. The first-order chi connectivity index (χ1) is 15.0. The number of anilines is 1. The van der Waals surface area contributed by atoms with Gasteiger partial charge in [0.1, 0.15) is 11.6 Å². The number of nitrogens with one attached hydrogen (secondary N) is 1. The highest BCUT2D eigenvalue weighted by Gasteiger charge is 2.14. The summed E-state index contributed by atoms with van der Waals surface area (Å²) in [6.45, 7) is -0.317. The van der Waals surface area contributed by atoms with Crippen LogP contribution in [-0.4, -0.2) is 25.6 Å². The number of ether oxygens (including phenoxy) is 3. The largest absolute Gasteiger partial charge is 0.493 e. The molecule has 0 saturated heterocycles. The Morgan fingerprint density at radius 1 is 1.00 bits per heavy atom. The lowest BCUT2D eigenvalue weighted by molar-refractivity contribution is -0.118. The Bertz CT molecular complexity index is 1120. The number of hydrogen-bond acceptors (Lipinski definition) is 6. The molecule has 0 heterocycles. The number of rotatable bonds is 7. The Morgan fingerprint density at radius 2 is 1.71 bits per heavy atom. The number of halogens is 1. The molecular weight excluding hydrogens is 403 g/mol. The lowest BCUT2D eigenvalue weighted by Gasteiger charge is -2.12. The standard InChI is InChI=1S/C23H17FN2O5/c1-29-21-12-16(23(28)31-19-9-2-15(13-25)3-10-19)4-11-20(21)30-14-22(27)26-18-7-5-17(24)6-8-18/h2-12H,14H2,1H3,(H,26,27). The Balaban J connectivity index is 1.62. The van der Waals surface area contributed by atoms with Crippen LogP contribution in [0.1, 0.15) is 15.9 Å². The van der Waals surface area contributed by atoms with Crippen LogP contribution >= 0.6 is 0 Å². The molecule has 1 amide bonds. The second-order valence-corrected chi connectivity index (χ2v) is 6.24. The second-order valence-electron chi connectivity index (χ2n) is 6.24. The maximum atomic E-state index is 12.9. The summed E-state index contributed by atoms with van der Waals surface area (Å²) in [6.07, 6.45) is 0. The summed E-state index contributed by atoms with van der Waals surface area (Å²) >= 11 is 0. The number of esters is 1. The minimum Gasteiger partial charge on any atom is -0.493 e. The fourth-order valence-corrected chi connectivity index (χ4v) is 2.55. The molecule has 0 spiro atoms. The van der Waals surface area contributed by atoms with Crippen molar-refractivity contribution in [1.82, 2.24) is 0 Å². The molecule has 0 aliphatic carbocycles. The number of nitriles is 1. The molecule has 0 fully saturated rings. The zero-order valence-corrected chi connectivity index (χ0v) is 16.4. The SMILES string of the molecule is COc1cc(C(=O)Oc2ccc(C#N)cc2)ccc1OCC(=O)Nc1ccc(F)cc1. The fraction of sp³-hybridized carbons (Fsp3) is 0.0870. The number of nitrogens with zero attached hydrogens (tertiary/aromatic N) is 1. The van der Waals surface area contributed by atoms with E-state index < -0.39 is 17.7 Å². The molecule has 31 heavy (non-hydrogen) atoms. The van der Waals surface area contributed by atoms with Crippen LogP contribution in [0.4, 0.5) is 10.1 Å². The summed E-state index contributed by atoms with van der Waals surface area (Å²) in [5, 5.41) is 11.4. The van der Waals surface area contributed by atoms with E-state index in [0.29, 0.717) is 17.0 Å². The number of carbonyl (C=O) groups excluding carboxylic acids is 2. The van der Waals surface area contributed by atoms with Gasteiger partial charge in [-0.2, -0.15) is 5.26 Å². The molecule has 0 aliphatic heterocycles. The molecular formula is C23H17FN2O5. The average molecular weight is 420 g/mol. The Hall–Kier alpha value is -4.38. The van der Waals surface area contributed by atoms with Gasteiger partial charge < -0.3 is 19.5 Å². The molecule has 0 atom stereocenters. The summed E-state index contributed by atoms with van der Waals surface area (Å²) < 4.78 is 28.9. The monoisotopic (exact) mass is 420 g/mol. The molecule has 3 aromatic rings. The lowest BCUT2D eigenvalue weighted by atomic mass is 10.2. The van der Waals surface area contributed by atoms with Crippen LogP contribution in [0.3, 0.4) is 0 Å². The highest BCUT2D eigenvalue weighted by Crippen LogP contribution is 2.28. The molecule has 0 aromatic heterocycles. The van der Waals surface area contributed by atoms with Gasteiger partial charge in [-0.05, 0) is 66.7 Å². The first-order valence-corrected chi connectivity index (χ1v) is 9.07. The van der Waals surface area contributed by atoms with E-state index in [1.165, 1.54) is 73.8 Å². The zero-order valence-electron chi connectivity index (χ0n) is 16.4. The third-order valence-corrected chi connectivity index (χ3v) is 4.08. The smallest absolute Gasteiger partial charge is 0.343 e. The zero-order chi connectivity index (χ0) is 22.2. The van der Waals surface area contributed by atoms with Crippen LogP contribution in [0.25, 0.3) is 0 Å². The molecule has 0 saturated carbocycles. The fourth-order valence-electron chi connectivity index (χ4n) is 2.55.